The van der Waals surface area contributed by atoms with Crippen LogP contribution in [0.15, 0.2) is 28.7 Å². The number of hydrogen-bond donors (Lipinski definition) is 1. The minimum atomic E-state index is -1.63. The highest BCUT2D eigenvalue weighted by Crippen LogP contribution is 2.47. The first-order chi connectivity index (χ1) is 12.2. The van der Waals surface area contributed by atoms with Gasteiger partial charge in [0.25, 0.3) is 0 Å². The topological polar surface area (TPSA) is 89.9 Å². The van der Waals surface area contributed by atoms with E-state index in [1.165, 1.54) is 6.92 Å². The number of rotatable bonds is 5. The van der Waals surface area contributed by atoms with Crippen LogP contribution in [0.4, 0.5) is 0 Å². The summed E-state index contributed by atoms with van der Waals surface area (Å²) < 4.78 is 11.0. The SMILES string of the molecule is CCOC(=O)[C@@H]1C(=O)C[C@](C)(O)[C@H](C(=O)OCC)[C@H]1c1cccc(Br)c1. The molecular formula is C19H23BrO6. The highest BCUT2D eigenvalue weighted by atomic mass is 79.9. The van der Waals surface area contributed by atoms with Gasteiger partial charge in [0.2, 0.25) is 0 Å². The molecule has 0 amide bonds. The molecule has 26 heavy (non-hydrogen) atoms. The van der Waals surface area contributed by atoms with Gasteiger partial charge in [-0.3, -0.25) is 14.4 Å². The standard InChI is InChI=1S/C19H23BrO6/c1-4-25-17(22)15-13(21)10-19(3,24)16(18(23)26-5-2)14(15)11-7-6-8-12(20)9-11/h6-9,14-16,24H,4-5,10H2,1-3H3/t14-,15+,16-,19-/m0/s1. The Bertz CT molecular complexity index is 699. The third kappa shape index (κ3) is 4.15. The van der Waals surface area contributed by atoms with E-state index in [1.807, 2.05) is 0 Å². The van der Waals surface area contributed by atoms with Crippen molar-refractivity contribution in [3.8, 4) is 0 Å². The third-order valence-corrected chi connectivity index (χ3v) is 5.08. The second-order valence-corrected chi connectivity index (χ2v) is 7.46. The number of benzene rings is 1. The molecule has 1 aromatic rings. The van der Waals surface area contributed by atoms with Gasteiger partial charge in [0, 0.05) is 16.8 Å². The monoisotopic (exact) mass is 426 g/mol. The lowest BCUT2D eigenvalue weighted by atomic mass is 9.62. The lowest BCUT2D eigenvalue weighted by molar-refractivity contribution is -0.172. The number of halogens is 1. The Labute approximate surface area is 161 Å². The molecule has 1 fully saturated rings. The molecule has 6 nitrogen and oxygen atoms in total. The number of ketones is 1. The Balaban J connectivity index is 2.61. The number of carbonyl (C=O) groups is 3. The molecule has 0 unspecified atom stereocenters. The summed E-state index contributed by atoms with van der Waals surface area (Å²) in [6.45, 7) is 5.00. The van der Waals surface area contributed by atoms with Crippen molar-refractivity contribution in [3.05, 3.63) is 34.3 Å². The van der Waals surface area contributed by atoms with Gasteiger partial charge in [-0.25, -0.2) is 0 Å². The van der Waals surface area contributed by atoms with E-state index < -0.39 is 41.1 Å². The van der Waals surface area contributed by atoms with E-state index in [-0.39, 0.29) is 19.6 Å². The molecule has 7 heteroatoms. The number of aliphatic hydroxyl groups is 1. The number of carbonyl (C=O) groups excluding carboxylic acids is 3. The summed E-state index contributed by atoms with van der Waals surface area (Å²) in [5, 5.41) is 10.8. The van der Waals surface area contributed by atoms with Gasteiger partial charge in [-0.2, -0.15) is 0 Å². The number of esters is 2. The lowest BCUT2D eigenvalue weighted by Crippen LogP contribution is -2.55. The van der Waals surface area contributed by atoms with Crippen molar-refractivity contribution in [3.63, 3.8) is 0 Å². The van der Waals surface area contributed by atoms with Gasteiger partial charge in [0.05, 0.1) is 24.7 Å². The lowest BCUT2D eigenvalue weighted by Gasteiger charge is -2.43. The van der Waals surface area contributed by atoms with E-state index >= 15 is 0 Å². The highest BCUT2D eigenvalue weighted by molar-refractivity contribution is 9.10. The van der Waals surface area contributed by atoms with Crippen molar-refractivity contribution >= 4 is 33.7 Å². The van der Waals surface area contributed by atoms with Crippen LogP contribution in [0, 0.1) is 11.8 Å². The average Bonchev–Trinajstić information content (AvgIpc) is 2.53. The van der Waals surface area contributed by atoms with Crippen LogP contribution in [0.25, 0.3) is 0 Å². The molecule has 4 atom stereocenters. The fourth-order valence-corrected chi connectivity index (χ4v) is 4.01. The molecule has 1 aliphatic carbocycles. The fraction of sp³-hybridized carbons (Fsp3) is 0.526. The second kappa shape index (κ2) is 8.31. The minimum Gasteiger partial charge on any atom is -0.466 e. The van der Waals surface area contributed by atoms with Gasteiger partial charge < -0.3 is 14.6 Å². The Hall–Kier alpha value is -1.73. The maximum Gasteiger partial charge on any atom is 0.317 e. The predicted molar refractivity (Wildman–Crippen MR) is 97.4 cm³/mol. The summed E-state index contributed by atoms with van der Waals surface area (Å²) >= 11 is 3.37. The van der Waals surface area contributed by atoms with Crippen molar-refractivity contribution in [1.29, 1.82) is 0 Å². The van der Waals surface area contributed by atoms with E-state index in [2.05, 4.69) is 15.9 Å². The maximum atomic E-state index is 12.7. The molecule has 1 aliphatic rings. The Morgan fingerprint density at radius 1 is 1.23 bits per heavy atom. The molecule has 1 saturated carbocycles. The Morgan fingerprint density at radius 3 is 2.42 bits per heavy atom. The van der Waals surface area contributed by atoms with Gasteiger partial charge >= 0.3 is 11.9 Å². The van der Waals surface area contributed by atoms with Crippen LogP contribution in [0.3, 0.4) is 0 Å². The number of ether oxygens (including phenoxy) is 2. The largest absolute Gasteiger partial charge is 0.466 e. The van der Waals surface area contributed by atoms with Crippen LogP contribution in [0.5, 0.6) is 0 Å². The van der Waals surface area contributed by atoms with E-state index in [0.29, 0.717) is 5.56 Å². The Kier molecular flexibility index (Phi) is 6.58. The number of Topliss-reactive ketones (excluding diaryl/α,β-unsaturated/α-hetero) is 1. The maximum absolute atomic E-state index is 12.7. The molecule has 0 heterocycles. The van der Waals surface area contributed by atoms with Crippen molar-refractivity contribution in [2.45, 2.75) is 38.7 Å². The Morgan fingerprint density at radius 2 is 1.85 bits per heavy atom. The van der Waals surface area contributed by atoms with E-state index in [9.17, 15) is 19.5 Å². The van der Waals surface area contributed by atoms with Crippen LogP contribution >= 0.6 is 15.9 Å². The first-order valence-corrected chi connectivity index (χ1v) is 9.36. The first-order valence-electron chi connectivity index (χ1n) is 8.56. The van der Waals surface area contributed by atoms with Crippen LogP contribution in [0.2, 0.25) is 0 Å². The quantitative estimate of drug-likeness (QED) is 0.574. The average molecular weight is 427 g/mol. The normalized spacial score (nSPS) is 28.5. The molecule has 0 saturated heterocycles. The molecule has 0 radical (unpaired) electrons. The second-order valence-electron chi connectivity index (χ2n) is 6.54. The molecule has 2 rings (SSSR count). The third-order valence-electron chi connectivity index (χ3n) is 4.58. The molecular weight excluding hydrogens is 404 g/mol. The minimum absolute atomic E-state index is 0.119. The zero-order valence-electron chi connectivity index (χ0n) is 15.0. The molecule has 0 spiro atoms. The molecule has 0 aliphatic heterocycles. The van der Waals surface area contributed by atoms with E-state index in [0.717, 1.165) is 4.47 Å². The summed E-state index contributed by atoms with van der Waals surface area (Å²) in [5.74, 6) is -4.87. The van der Waals surface area contributed by atoms with Gasteiger partial charge in [0.1, 0.15) is 5.92 Å². The zero-order chi connectivity index (χ0) is 19.5. The smallest absolute Gasteiger partial charge is 0.317 e. The van der Waals surface area contributed by atoms with Crippen LogP contribution < -0.4 is 0 Å². The highest BCUT2D eigenvalue weighted by Gasteiger charge is 2.57. The van der Waals surface area contributed by atoms with E-state index in [4.69, 9.17) is 9.47 Å². The number of hydrogen-bond acceptors (Lipinski definition) is 6. The predicted octanol–water partition coefficient (Wildman–Crippen LogP) is 2.62. The summed E-state index contributed by atoms with van der Waals surface area (Å²) in [4.78, 5) is 37.9. The van der Waals surface area contributed by atoms with Crippen molar-refractivity contribution in [1.82, 2.24) is 0 Å². The fourth-order valence-electron chi connectivity index (χ4n) is 3.59. The van der Waals surface area contributed by atoms with Gasteiger partial charge in [0.15, 0.2) is 5.78 Å². The summed E-state index contributed by atoms with van der Waals surface area (Å²) in [6.07, 6.45) is -0.315. The molecule has 0 aromatic heterocycles. The van der Waals surface area contributed by atoms with Gasteiger partial charge in [-0.1, -0.05) is 28.1 Å². The molecule has 0 bridgehead atoms. The van der Waals surface area contributed by atoms with Crippen molar-refractivity contribution < 1.29 is 29.0 Å². The van der Waals surface area contributed by atoms with Crippen LogP contribution in [-0.2, 0) is 23.9 Å². The van der Waals surface area contributed by atoms with Crippen molar-refractivity contribution in [2.75, 3.05) is 13.2 Å². The van der Waals surface area contributed by atoms with Crippen LogP contribution in [-0.4, -0.2) is 41.6 Å². The van der Waals surface area contributed by atoms with Crippen LogP contribution in [0.1, 0.15) is 38.7 Å². The van der Waals surface area contributed by atoms with E-state index in [1.54, 1.807) is 38.1 Å². The zero-order valence-corrected chi connectivity index (χ0v) is 16.6. The summed E-state index contributed by atoms with van der Waals surface area (Å²) in [7, 11) is 0. The molecule has 142 valence electrons. The summed E-state index contributed by atoms with van der Waals surface area (Å²) in [5.41, 5.74) is -1.04. The van der Waals surface area contributed by atoms with Gasteiger partial charge in [-0.05, 0) is 38.5 Å². The molecule has 1 aromatic carbocycles. The van der Waals surface area contributed by atoms with Crippen molar-refractivity contribution in [2.24, 2.45) is 11.8 Å². The summed E-state index contributed by atoms with van der Waals surface area (Å²) in [6, 6.07) is 7.00. The van der Waals surface area contributed by atoms with Gasteiger partial charge in [-0.15, -0.1) is 0 Å². The molecule has 1 N–H and O–H groups in total. The first kappa shape index (κ1) is 20.6.